The van der Waals surface area contributed by atoms with E-state index in [0.29, 0.717) is 12.7 Å². The normalized spacial score (nSPS) is 18.1. The monoisotopic (exact) mass is 432 g/mol. The molecule has 1 aromatic heterocycles. The van der Waals surface area contributed by atoms with Crippen LogP contribution in [0, 0.1) is 0 Å². The number of benzene rings is 2. The first-order valence-electron chi connectivity index (χ1n) is 11.6. The number of likely N-dealkylation sites (tertiary alicyclic amines) is 1. The molecule has 168 valence electrons. The van der Waals surface area contributed by atoms with E-state index in [-0.39, 0.29) is 0 Å². The molecule has 2 aliphatic heterocycles. The van der Waals surface area contributed by atoms with Crippen molar-refractivity contribution < 1.29 is 9.47 Å². The number of hydrogen-bond acceptors (Lipinski definition) is 5. The van der Waals surface area contributed by atoms with Crippen molar-refractivity contribution in [2.75, 3.05) is 26.2 Å². The van der Waals surface area contributed by atoms with Gasteiger partial charge in [0, 0.05) is 56.7 Å². The molecule has 6 heteroatoms. The Morgan fingerprint density at radius 2 is 1.81 bits per heavy atom. The Balaban J connectivity index is 1.13. The standard InChI is InChI=1S/C26H32N4O2/c1-2-4-21(5-3-1)20-32-25-9-12-29(13-10-25)17-22-6-7-26-23(16-22)18-30(14-15-31-26)19-24-8-11-27-28-24/h1-8,11,16,25H,9-10,12-15,17-20H2,(H,27,28). The molecule has 2 aromatic carbocycles. The fourth-order valence-corrected chi connectivity index (χ4v) is 4.63. The van der Waals surface area contributed by atoms with E-state index in [2.05, 4.69) is 62.5 Å². The zero-order chi connectivity index (χ0) is 21.6. The van der Waals surface area contributed by atoms with Gasteiger partial charge in [-0.25, -0.2) is 0 Å². The van der Waals surface area contributed by atoms with Gasteiger partial charge in [-0.15, -0.1) is 0 Å². The molecule has 6 nitrogen and oxygen atoms in total. The van der Waals surface area contributed by atoms with Crippen molar-refractivity contribution in [3.8, 4) is 5.75 Å². The second-order valence-electron chi connectivity index (χ2n) is 8.86. The van der Waals surface area contributed by atoms with E-state index >= 15 is 0 Å². The number of aromatic amines is 1. The Hall–Kier alpha value is -2.67. The second-order valence-corrected chi connectivity index (χ2v) is 8.86. The van der Waals surface area contributed by atoms with Crippen LogP contribution in [-0.2, 0) is 31.0 Å². The van der Waals surface area contributed by atoms with Crippen molar-refractivity contribution in [2.45, 2.75) is 45.2 Å². The van der Waals surface area contributed by atoms with Gasteiger partial charge in [-0.1, -0.05) is 36.4 Å². The minimum absolute atomic E-state index is 0.364. The number of fused-ring (bicyclic) bond motifs is 1. The SMILES string of the molecule is c1ccc(COC2CCN(Cc3ccc4c(c3)CN(Cc3ccn[nH]3)CCO4)CC2)cc1. The topological polar surface area (TPSA) is 53.6 Å². The smallest absolute Gasteiger partial charge is 0.123 e. The Morgan fingerprint density at radius 1 is 0.938 bits per heavy atom. The number of nitrogens with one attached hydrogen (secondary N) is 1. The molecule has 3 aromatic rings. The minimum atomic E-state index is 0.364. The minimum Gasteiger partial charge on any atom is -0.492 e. The zero-order valence-electron chi connectivity index (χ0n) is 18.6. The third kappa shape index (κ3) is 5.57. The van der Waals surface area contributed by atoms with E-state index in [1.165, 1.54) is 16.7 Å². The summed E-state index contributed by atoms with van der Waals surface area (Å²) in [6.45, 7) is 7.26. The molecular formula is C26H32N4O2. The highest BCUT2D eigenvalue weighted by molar-refractivity contribution is 5.38. The molecule has 2 aliphatic rings. The summed E-state index contributed by atoms with van der Waals surface area (Å²) < 4.78 is 12.2. The van der Waals surface area contributed by atoms with Crippen LogP contribution in [-0.4, -0.2) is 52.3 Å². The van der Waals surface area contributed by atoms with E-state index in [9.17, 15) is 0 Å². The van der Waals surface area contributed by atoms with Crippen LogP contribution in [0.5, 0.6) is 5.75 Å². The molecule has 3 heterocycles. The van der Waals surface area contributed by atoms with Gasteiger partial charge in [0.05, 0.1) is 12.7 Å². The van der Waals surface area contributed by atoms with E-state index in [1.54, 1.807) is 0 Å². The largest absolute Gasteiger partial charge is 0.492 e. The molecule has 0 aliphatic carbocycles. The van der Waals surface area contributed by atoms with Gasteiger partial charge in [0.25, 0.3) is 0 Å². The maximum Gasteiger partial charge on any atom is 0.123 e. The number of rotatable bonds is 7. The Kier molecular flexibility index (Phi) is 6.82. The van der Waals surface area contributed by atoms with Crippen LogP contribution in [0.1, 0.15) is 35.2 Å². The van der Waals surface area contributed by atoms with Crippen molar-refractivity contribution in [3.63, 3.8) is 0 Å². The van der Waals surface area contributed by atoms with Gasteiger partial charge in [-0.05, 0) is 42.2 Å². The quantitative estimate of drug-likeness (QED) is 0.612. The van der Waals surface area contributed by atoms with Gasteiger partial charge in [-0.2, -0.15) is 5.10 Å². The van der Waals surface area contributed by atoms with Crippen LogP contribution in [0.2, 0.25) is 0 Å². The molecule has 0 spiro atoms. The highest BCUT2D eigenvalue weighted by Crippen LogP contribution is 2.26. The van der Waals surface area contributed by atoms with E-state index in [4.69, 9.17) is 9.47 Å². The van der Waals surface area contributed by atoms with Crippen molar-refractivity contribution >= 4 is 0 Å². The molecular weight excluding hydrogens is 400 g/mol. The molecule has 1 saturated heterocycles. The van der Waals surface area contributed by atoms with Crippen molar-refractivity contribution in [2.24, 2.45) is 0 Å². The first-order valence-corrected chi connectivity index (χ1v) is 11.6. The van der Waals surface area contributed by atoms with Gasteiger partial charge in [0.15, 0.2) is 0 Å². The average Bonchev–Trinajstić information content (AvgIpc) is 3.25. The maximum atomic E-state index is 6.15. The lowest BCUT2D eigenvalue weighted by atomic mass is 10.0. The lowest BCUT2D eigenvalue weighted by molar-refractivity contribution is -0.00394. The van der Waals surface area contributed by atoms with Crippen LogP contribution in [0.15, 0.2) is 60.8 Å². The summed E-state index contributed by atoms with van der Waals surface area (Å²) in [5.74, 6) is 1.02. The highest BCUT2D eigenvalue weighted by Gasteiger charge is 2.21. The lowest BCUT2D eigenvalue weighted by Gasteiger charge is -2.32. The average molecular weight is 433 g/mol. The molecule has 32 heavy (non-hydrogen) atoms. The molecule has 0 saturated carbocycles. The van der Waals surface area contributed by atoms with Gasteiger partial charge in [0.1, 0.15) is 12.4 Å². The number of hydrogen-bond donors (Lipinski definition) is 1. The van der Waals surface area contributed by atoms with Crippen molar-refractivity contribution in [1.29, 1.82) is 0 Å². The first-order chi connectivity index (χ1) is 15.8. The summed E-state index contributed by atoms with van der Waals surface area (Å²) in [5.41, 5.74) is 5.03. The molecule has 0 bridgehead atoms. The van der Waals surface area contributed by atoms with E-state index in [1.807, 2.05) is 18.3 Å². The zero-order valence-corrected chi connectivity index (χ0v) is 18.6. The molecule has 0 unspecified atom stereocenters. The van der Waals surface area contributed by atoms with Gasteiger partial charge in [-0.3, -0.25) is 14.9 Å². The number of aromatic nitrogens is 2. The molecule has 5 rings (SSSR count). The summed E-state index contributed by atoms with van der Waals surface area (Å²) in [4.78, 5) is 4.96. The Labute approximate surface area is 190 Å². The van der Waals surface area contributed by atoms with Gasteiger partial charge >= 0.3 is 0 Å². The third-order valence-corrected chi connectivity index (χ3v) is 6.41. The van der Waals surface area contributed by atoms with Crippen LogP contribution < -0.4 is 4.74 Å². The van der Waals surface area contributed by atoms with Crippen LogP contribution >= 0.6 is 0 Å². The Bertz CT molecular complexity index is 969. The predicted molar refractivity (Wildman–Crippen MR) is 124 cm³/mol. The van der Waals surface area contributed by atoms with Crippen molar-refractivity contribution in [3.05, 3.63) is 83.2 Å². The number of nitrogens with zero attached hydrogens (tertiary/aromatic N) is 3. The van der Waals surface area contributed by atoms with Crippen LogP contribution in [0.3, 0.4) is 0 Å². The van der Waals surface area contributed by atoms with Crippen LogP contribution in [0.4, 0.5) is 0 Å². The summed E-state index contributed by atoms with van der Waals surface area (Å²) in [7, 11) is 0. The summed E-state index contributed by atoms with van der Waals surface area (Å²) in [5, 5.41) is 7.14. The molecule has 0 atom stereocenters. The fourth-order valence-electron chi connectivity index (χ4n) is 4.63. The summed E-state index contributed by atoms with van der Waals surface area (Å²) >= 11 is 0. The number of H-pyrrole nitrogens is 1. The molecule has 1 fully saturated rings. The predicted octanol–water partition coefficient (Wildman–Crippen LogP) is 3.99. The maximum absolute atomic E-state index is 6.15. The number of ether oxygens (including phenoxy) is 2. The molecule has 0 amide bonds. The Morgan fingerprint density at radius 3 is 2.62 bits per heavy atom. The number of piperidine rings is 1. The molecule has 1 N–H and O–H groups in total. The first kappa shape index (κ1) is 21.2. The lowest BCUT2D eigenvalue weighted by Crippen LogP contribution is -2.36. The van der Waals surface area contributed by atoms with Crippen LogP contribution in [0.25, 0.3) is 0 Å². The third-order valence-electron chi connectivity index (χ3n) is 6.41. The van der Waals surface area contributed by atoms with E-state index in [0.717, 1.165) is 70.2 Å². The van der Waals surface area contributed by atoms with Crippen molar-refractivity contribution in [1.82, 2.24) is 20.0 Å². The highest BCUT2D eigenvalue weighted by atomic mass is 16.5. The van der Waals surface area contributed by atoms with E-state index < -0.39 is 0 Å². The fraction of sp³-hybridized carbons (Fsp3) is 0.423. The summed E-state index contributed by atoms with van der Waals surface area (Å²) in [6, 6.07) is 19.2. The van der Waals surface area contributed by atoms with Gasteiger partial charge < -0.3 is 9.47 Å². The van der Waals surface area contributed by atoms with Gasteiger partial charge in [0.2, 0.25) is 0 Å². The summed E-state index contributed by atoms with van der Waals surface area (Å²) in [6.07, 6.45) is 4.37. The second kappa shape index (κ2) is 10.3. The molecule has 0 radical (unpaired) electrons.